The Morgan fingerprint density at radius 2 is 2.21 bits per heavy atom. The number of ether oxygens (including phenoxy) is 2. The van der Waals surface area contributed by atoms with Gasteiger partial charge in [-0.15, -0.1) is 0 Å². The molecule has 1 aliphatic rings. The number of anilines is 2. The van der Waals surface area contributed by atoms with E-state index in [4.69, 9.17) is 26.8 Å². The fourth-order valence-corrected chi connectivity index (χ4v) is 2.03. The molecule has 1 aromatic carbocycles. The predicted molar refractivity (Wildman–Crippen MR) is 74.3 cm³/mol. The number of hydrogen-bond donors (Lipinski definition) is 2. The average molecular weight is 285 g/mol. The number of nitrogens with two attached hydrogens (primary N) is 1. The van der Waals surface area contributed by atoms with Crippen molar-refractivity contribution in [2.45, 2.75) is 18.9 Å². The first-order valence-electron chi connectivity index (χ1n) is 6.19. The molecule has 1 aliphatic heterocycles. The van der Waals surface area contributed by atoms with E-state index in [1.165, 1.54) is 0 Å². The summed E-state index contributed by atoms with van der Waals surface area (Å²) in [6.45, 7) is 1.39. The molecule has 0 bridgehead atoms. The number of halogens is 1. The number of carbonyl (C=O) groups is 1. The monoisotopic (exact) mass is 284 g/mol. The quantitative estimate of drug-likeness (QED) is 0.830. The lowest BCUT2D eigenvalue weighted by atomic mass is 10.1. The summed E-state index contributed by atoms with van der Waals surface area (Å²) in [5, 5.41) is 3.21. The number of nitrogen functional groups attached to an aromatic ring is 1. The topological polar surface area (TPSA) is 73.6 Å². The lowest BCUT2D eigenvalue weighted by Crippen LogP contribution is -2.28. The number of carbonyl (C=O) groups excluding carboxylic acids is 1. The van der Waals surface area contributed by atoms with Crippen LogP contribution in [0.2, 0.25) is 5.02 Å². The van der Waals surface area contributed by atoms with Gasteiger partial charge in [0.1, 0.15) is 6.61 Å². The van der Waals surface area contributed by atoms with Crippen LogP contribution in [-0.4, -0.2) is 31.8 Å². The van der Waals surface area contributed by atoms with Crippen LogP contribution in [0.25, 0.3) is 0 Å². The summed E-state index contributed by atoms with van der Waals surface area (Å²) in [5.74, 6) is -0.236. The van der Waals surface area contributed by atoms with E-state index in [1.807, 2.05) is 0 Å². The second-order valence-corrected chi connectivity index (χ2v) is 4.84. The van der Waals surface area contributed by atoms with Gasteiger partial charge in [0.15, 0.2) is 0 Å². The molecular weight excluding hydrogens is 268 g/mol. The zero-order valence-corrected chi connectivity index (χ0v) is 11.3. The van der Waals surface area contributed by atoms with Gasteiger partial charge in [0, 0.05) is 18.2 Å². The van der Waals surface area contributed by atoms with Gasteiger partial charge in [-0.05, 0) is 31.0 Å². The highest BCUT2D eigenvalue weighted by Gasteiger charge is 2.15. The molecule has 5 nitrogen and oxygen atoms in total. The van der Waals surface area contributed by atoms with Gasteiger partial charge in [0.05, 0.1) is 17.5 Å². The number of amides is 1. The van der Waals surface area contributed by atoms with E-state index in [9.17, 15) is 4.79 Å². The molecule has 2 rings (SSSR count). The molecule has 1 fully saturated rings. The van der Waals surface area contributed by atoms with Crippen LogP contribution in [-0.2, 0) is 14.3 Å². The van der Waals surface area contributed by atoms with Crippen LogP contribution in [0.1, 0.15) is 12.8 Å². The normalized spacial score (nSPS) is 16.3. The van der Waals surface area contributed by atoms with Crippen molar-refractivity contribution < 1.29 is 14.3 Å². The number of hydrogen-bond acceptors (Lipinski definition) is 4. The zero-order chi connectivity index (χ0) is 13.7. The van der Waals surface area contributed by atoms with E-state index in [1.54, 1.807) is 18.2 Å². The van der Waals surface area contributed by atoms with E-state index in [0.717, 1.165) is 12.8 Å². The molecule has 19 heavy (non-hydrogen) atoms. The summed E-state index contributed by atoms with van der Waals surface area (Å²) >= 11 is 5.85. The number of rotatable bonds is 4. The third kappa shape index (κ3) is 4.38. The molecule has 0 aromatic heterocycles. The molecule has 1 amide bonds. The first-order chi connectivity index (χ1) is 9.15. The summed E-state index contributed by atoms with van der Waals surface area (Å²) in [4.78, 5) is 11.8. The minimum atomic E-state index is -0.236. The zero-order valence-electron chi connectivity index (χ0n) is 10.5. The molecule has 104 valence electrons. The summed E-state index contributed by atoms with van der Waals surface area (Å²) in [5.41, 5.74) is 6.73. The first-order valence-corrected chi connectivity index (χ1v) is 6.57. The Labute approximate surface area is 117 Å². The van der Waals surface area contributed by atoms with Gasteiger partial charge >= 0.3 is 0 Å². The van der Waals surface area contributed by atoms with E-state index in [2.05, 4.69) is 5.32 Å². The highest BCUT2D eigenvalue weighted by molar-refractivity contribution is 6.31. The molecular formula is C13H17ClN2O3. The van der Waals surface area contributed by atoms with Crippen molar-refractivity contribution in [3.05, 3.63) is 23.2 Å². The summed E-state index contributed by atoms with van der Waals surface area (Å²) in [6, 6.07) is 4.94. The van der Waals surface area contributed by atoms with Crippen LogP contribution >= 0.6 is 11.6 Å². The second kappa shape index (κ2) is 6.75. The third-order valence-electron chi connectivity index (χ3n) is 2.91. The van der Waals surface area contributed by atoms with E-state index >= 15 is 0 Å². The van der Waals surface area contributed by atoms with Gasteiger partial charge in [0.25, 0.3) is 0 Å². The number of nitrogens with one attached hydrogen (secondary N) is 1. The fraction of sp³-hybridized carbons (Fsp3) is 0.462. The van der Waals surface area contributed by atoms with E-state index in [0.29, 0.717) is 29.6 Å². The van der Waals surface area contributed by atoms with Crippen LogP contribution in [0.5, 0.6) is 0 Å². The standard InChI is InChI=1S/C13H17ClN2O3/c14-9-1-2-11(15)12(7-9)16-13(17)8-19-10-3-5-18-6-4-10/h1-2,7,10H,3-6,8,15H2,(H,16,17). The maximum absolute atomic E-state index is 11.8. The smallest absolute Gasteiger partial charge is 0.250 e. The Hall–Kier alpha value is -1.30. The second-order valence-electron chi connectivity index (χ2n) is 4.40. The molecule has 0 aliphatic carbocycles. The highest BCUT2D eigenvalue weighted by Crippen LogP contribution is 2.22. The van der Waals surface area contributed by atoms with Crippen molar-refractivity contribution in [3.8, 4) is 0 Å². The summed E-state index contributed by atoms with van der Waals surface area (Å²) in [6.07, 6.45) is 1.75. The highest BCUT2D eigenvalue weighted by atomic mass is 35.5. The van der Waals surface area contributed by atoms with Gasteiger partial charge < -0.3 is 20.5 Å². The van der Waals surface area contributed by atoms with Gasteiger partial charge in [-0.3, -0.25) is 4.79 Å². The molecule has 1 heterocycles. The molecule has 6 heteroatoms. The maximum Gasteiger partial charge on any atom is 0.250 e. The number of benzene rings is 1. The fourth-order valence-electron chi connectivity index (χ4n) is 1.86. The molecule has 3 N–H and O–H groups in total. The lowest BCUT2D eigenvalue weighted by Gasteiger charge is -2.22. The SMILES string of the molecule is Nc1ccc(Cl)cc1NC(=O)COC1CCOCC1. The lowest BCUT2D eigenvalue weighted by molar-refractivity contribution is -0.124. The molecule has 0 unspecified atom stereocenters. The van der Waals surface area contributed by atoms with Gasteiger partial charge in [-0.25, -0.2) is 0 Å². The van der Waals surface area contributed by atoms with Crippen LogP contribution < -0.4 is 11.1 Å². The summed E-state index contributed by atoms with van der Waals surface area (Å²) < 4.78 is 10.7. The Balaban J connectivity index is 1.81. The van der Waals surface area contributed by atoms with Crippen LogP contribution in [0.15, 0.2) is 18.2 Å². The predicted octanol–water partition coefficient (Wildman–Crippen LogP) is 2.06. The van der Waals surface area contributed by atoms with Crippen molar-refractivity contribution in [1.82, 2.24) is 0 Å². The molecule has 1 saturated heterocycles. The average Bonchev–Trinajstić information content (AvgIpc) is 2.42. The summed E-state index contributed by atoms with van der Waals surface area (Å²) in [7, 11) is 0. The largest absolute Gasteiger partial charge is 0.397 e. The maximum atomic E-state index is 11.8. The van der Waals surface area contributed by atoms with Crippen molar-refractivity contribution in [3.63, 3.8) is 0 Å². The van der Waals surface area contributed by atoms with Crippen molar-refractivity contribution in [2.24, 2.45) is 0 Å². The Morgan fingerprint density at radius 3 is 2.95 bits per heavy atom. The molecule has 0 atom stereocenters. The molecule has 1 aromatic rings. The van der Waals surface area contributed by atoms with Crippen LogP contribution in [0, 0.1) is 0 Å². The molecule has 0 radical (unpaired) electrons. The Morgan fingerprint density at radius 1 is 1.47 bits per heavy atom. The molecule has 0 spiro atoms. The third-order valence-corrected chi connectivity index (χ3v) is 3.14. The van der Waals surface area contributed by atoms with Crippen molar-refractivity contribution >= 4 is 28.9 Å². The van der Waals surface area contributed by atoms with Crippen molar-refractivity contribution in [1.29, 1.82) is 0 Å². The van der Waals surface area contributed by atoms with Crippen LogP contribution in [0.3, 0.4) is 0 Å². The van der Waals surface area contributed by atoms with Crippen LogP contribution in [0.4, 0.5) is 11.4 Å². The minimum absolute atomic E-state index is 0.0105. The minimum Gasteiger partial charge on any atom is -0.397 e. The Bertz CT molecular complexity index is 448. The van der Waals surface area contributed by atoms with Gasteiger partial charge in [-0.2, -0.15) is 0 Å². The van der Waals surface area contributed by atoms with Gasteiger partial charge in [-0.1, -0.05) is 11.6 Å². The van der Waals surface area contributed by atoms with Gasteiger partial charge in [0.2, 0.25) is 5.91 Å². The van der Waals surface area contributed by atoms with E-state index in [-0.39, 0.29) is 18.6 Å². The first kappa shape index (κ1) is 14.1. The van der Waals surface area contributed by atoms with E-state index < -0.39 is 0 Å². The Kier molecular flexibility index (Phi) is 5.01. The van der Waals surface area contributed by atoms with Crippen molar-refractivity contribution in [2.75, 3.05) is 30.9 Å². The molecule has 0 saturated carbocycles.